The van der Waals surface area contributed by atoms with Crippen molar-refractivity contribution in [2.24, 2.45) is 0 Å². The van der Waals surface area contributed by atoms with Gasteiger partial charge in [-0.05, 0) is 72.9 Å². The third-order valence-electron chi connectivity index (χ3n) is 8.42. The quantitative estimate of drug-likeness (QED) is 0.195. The summed E-state index contributed by atoms with van der Waals surface area (Å²) in [6.45, 7) is 1.55. The number of thiophene rings is 1. The van der Waals surface area contributed by atoms with Crippen LogP contribution in [0.25, 0.3) is 54.8 Å². The Labute approximate surface area is 263 Å². The lowest BCUT2D eigenvalue weighted by molar-refractivity contribution is -0.132. The second kappa shape index (κ2) is 11.8. The summed E-state index contributed by atoms with van der Waals surface area (Å²) in [5.74, 6) is -0.819. The first kappa shape index (κ1) is 28.7. The maximum absolute atomic E-state index is 14.7. The summed E-state index contributed by atoms with van der Waals surface area (Å²) in [6.07, 6.45) is 3.08. The van der Waals surface area contributed by atoms with E-state index in [1.54, 1.807) is 31.4 Å². The molecule has 0 unspecified atom stereocenters. The number of ether oxygens (including phenoxy) is 1. The maximum atomic E-state index is 14.7. The molecule has 1 amide bonds. The van der Waals surface area contributed by atoms with Crippen LogP contribution in [0, 0.1) is 5.82 Å². The molecule has 1 saturated heterocycles. The molecule has 7 rings (SSSR count). The third-order valence-corrected chi connectivity index (χ3v) is 9.55. The molecule has 0 bridgehead atoms. The molecule has 1 fully saturated rings. The number of nitrogens with zero attached hydrogens (tertiary/aromatic N) is 3. The molecule has 1 aliphatic heterocycles. The van der Waals surface area contributed by atoms with Gasteiger partial charge in [-0.2, -0.15) is 0 Å². The number of carboxylic acids is 1. The van der Waals surface area contributed by atoms with Gasteiger partial charge in [0.25, 0.3) is 0 Å². The van der Waals surface area contributed by atoms with Gasteiger partial charge in [0, 0.05) is 29.6 Å². The number of rotatable bonds is 7. The van der Waals surface area contributed by atoms with Gasteiger partial charge >= 0.3 is 5.97 Å². The molecule has 3 aromatic heterocycles. The van der Waals surface area contributed by atoms with Gasteiger partial charge in [0.2, 0.25) is 5.91 Å². The molecule has 9 heteroatoms. The third kappa shape index (κ3) is 5.33. The van der Waals surface area contributed by atoms with Crippen LogP contribution in [0.4, 0.5) is 4.39 Å². The van der Waals surface area contributed by atoms with Crippen molar-refractivity contribution in [2.45, 2.75) is 25.8 Å². The van der Waals surface area contributed by atoms with Gasteiger partial charge in [-0.25, -0.2) is 14.2 Å². The largest absolute Gasteiger partial charge is 0.497 e. The number of hydrogen-bond donors (Lipinski definition) is 1. The number of carboxylic acid groups (broad SMARTS) is 1. The van der Waals surface area contributed by atoms with Gasteiger partial charge in [-0.15, -0.1) is 11.3 Å². The molecular weight excluding hydrogens is 589 g/mol. The highest BCUT2D eigenvalue weighted by atomic mass is 32.1. The normalized spacial score (nSPS) is 13.4. The minimum Gasteiger partial charge on any atom is -0.497 e. The number of methoxy groups -OCH3 is 1. The minimum atomic E-state index is -0.995. The molecule has 226 valence electrons. The van der Waals surface area contributed by atoms with Crippen molar-refractivity contribution in [3.63, 3.8) is 0 Å². The molecular formula is C36H30FN3O4S. The van der Waals surface area contributed by atoms with E-state index < -0.39 is 5.97 Å². The van der Waals surface area contributed by atoms with E-state index in [2.05, 4.69) is 0 Å². The van der Waals surface area contributed by atoms with E-state index in [0.717, 1.165) is 70.3 Å². The number of carbonyl (C=O) groups is 2. The molecule has 1 N–H and O–H groups in total. The van der Waals surface area contributed by atoms with Crippen molar-refractivity contribution in [1.29, 1.82) is 0 Å². The van der Waals surface area contributed by atoms with Crippen molar-refractivity contribution in [2.75, 3.05) is 20.2 Å². The molecule has 0 atom stereocenters. The van der Waals surface area contributed by atoms with E-state index in [0.29, 0.717) is 22.5 Å². The zero-order chi connectivity index (χ0) is 31.1. The van der Waals surface area contributed by atoms with Crippen LogP contribution in [0.15, 0.2) is 84.9 Å². The van der Waals surface area contributed by atoms with Crippen LogP contribution >= 0.6 is 11.3 Å². The number of piperidine rings is 1. The Kier molecular flexibility index (Phi) is 7.55. The lowest BCUT2D eigenvalue weighted by atomic mass is 9.99. The standard InChI is InChI=1S/C36H30FN3O4S/c1-44-25-12-13-27(37)26(19-25)29-15-10-23-18-24(11-14-28(23)38-29)34-33(22-8-4-2-5-9-22)35-30(20-31(45-35)36(42)43)40(34)21-32(41)39-16-6-3-7-17-39/h2,4-5,8-15,18-20H,3,6-7,16-17,21H2,1H3,(H,42,43). The number of hydrogen-bond acceptors (Lipinski definition) is 5. The molecule has 0 spiro atoms. The number of fused-ring (bicyclic) bond motifs is 2. The van der Waals surface area contributed by atoms with E-state index in [1.807, 2.05) is 64.1 Å². The number of benzene rings is 3. The molecule has 0 aliphatic carbocycles. The van der Waals surface area contributed by atoms with Gasteiger partial charge in [-0.3, -0.25) is 4.79 Å². The summed E-state index contributed by atoms with van der Waals surface area (Å²) >= 11 is 1.22. The summed E-state index contributed by atoms with van der Waals surface area (Å²) < 4.78 is 22.8. The highest BCUT2D eigenvalue weighted by Crippen LogP contribution is 2.45. The first-order valence-electron chi connectivity index (χ1n) is 14.9. The number of pyridine rings is 1. The van der Waals surface area contributed by atoms with E-state index in [-0.39, 0.29) is 23.1 Å². The highest BCUT2D eigenvalue weighted by molar-refractivity contribution is 7.21. The zero-order valence-electron chi connectivity index (χ0n) is 24.6. The zero-order valence-corrected chi connectivity index (χ0v) is 25.4. The summed E-state index contributed by atoms with van der Waals surface area (Å²) in [4.78, 5) is 32.7. The van der Waals surface area contributed by atoms with E-state index in [1.165, 1.54) is 17.4 Å². The van der Waals surface area contributed by atoms with E-state index in [4.69, 9.17) is 9.72 Å². The van der Waals surface area contributed by atoms with Gasteiger partial charge in [0.05, 0.1) is 34.2 Å². The van der Waals surface area contributed by atoms with E-state index in [9.17, 15) is 19.1 Å². The van der Waals surface area contributed by atoms with Gasteiger partial charge in [-0.1, -0.05) is 42.5 Å². The van der Waals surface area contributed by atoms with Crippen LogP contribution in [-0.2, 0) is 11.3 Å². The summed E-state index contributed by atoms with van der Waals surface area (Å²) in [7, 11) is 1.54. The number of carbonyl (C=O) groups excluding carboxylic acids is 1. The van der Waals surface area contributed by atoms with Crippen LogP contribution in [0.5, 0.6) is 5.75 Å². The molecule has 1 aliphatic rings. The van der Waals surface area contributed by atoms with Crippen molar-refractivity contribution < 1.29 is 23.8 Å². The lowest BCUT2D eigenvalue weighted by Crippen LogP contribution is -2.37. The average Bonchev–Trinajstić information content (AvgIpc) is 3.63. The number of aromatic carboxylic acids is 1. The fraction of sp³-hybridized carbons (Fsp3) is 0.194. The SMILES string of the molecule is COc1ccc(F)c(-c2ccc3cc(-c4c(-c5ccccc5)c5sc(C(=O)O)cc5n4CC(=O)N4CCCCC4)ccc3n2)c1. The van der Waals surface area contributed by atoms with Crippen LogP contribution in [-0.4, -0.2) is 51.6 Å². The van der Waals surface area contributed by atoms with Crippen molar-refractivity contribution in [3.05, 3.63) is 95.6 Å². The lowest BCUT2D eigenvalue weighted by Gasteiger charge is -2.27. The molecule has 6 aromatic rings. The van der Waals surface area contributed by atoms with Crippen LogP contribution < -0.4 is 4.74 Å². The first-order valence-corrected chi connectivity index (χ1v) is 15.7. The topological polar surface area (TPSA) is 84.7 Å². The number of amides is 1. The predicted molar refractivity (Wildman–Crippen MR) is 175 cm³/mol. The molecule has 45 heavy (non-hydrogen) atoms. The Bertz CT molecular complexity index is 2080. The molecule has 7 nitrogen and oxygen atoms in total. The van der Waals surface area contributed by atoms with Crippen LogP contribution in [0.1, 0.15) is 28.9 Å². The Morgan fingerprint density at radius 1 is 0.933 bits per heavy atom. The fourth-order valence-electron chi connectivity index (χ4n) is 6.20. The molecule has 0 radical (unpaired) electrons. The fourth-order valence-corrected chi connectivity index (χ4v) is 7.26. The summed E-state index contributed by atoms with van der Waals surface area (Å²) in [5, 5.41) is 10.7. The maximum Gasteiger partial charge on any atom is 0.345 e. The highest BCUT2D eigenvalue weighted by Gasteiger charge is 2.27. The minimum absolute atomic E-state index is 0.0166. The van der Waals surface area contributed by atoms with Gasteiger partial charge in [0.1, 0.15) is 23.0 Å². The van der Waals surface area contributed by atoms with Crippen molar-refractivity contribution in [3.8, 4) is 39.4 Å². The van der Waals surface area contributed by atoms with E-state index >= 15 is 0 Å². The molecule has 4 heterocycles. The second-order valence-electron chi connectivity index (χ2n) is 11.2. The second-order valence-corrected chi connectivity index (χ2v) is 12.2. The van der Waals surface area contributed by atoms with Crippen LogP contribution in [0.3, 0.4) is 0 Å². The first-order chi connectivity index (χ1) is 21.9. The van der Waals surface area contributed by atoms with Crippen LogP contribution in [0.2, 0.25) is 0 Å². The average molecular weight is 620 g/mol. The summed E-state index contributed by atoms with van der Waals surface area (Å²) in [6, 6.07) is 25.7. The van der Waals surface area contributed by atoms with Crippen molar-refractivity contribution in [1.82, 2.24) is 14.5 Å². The van der Waals surface area contributed by atoms with Crippen molar-refractivity contribution >= 4 is 44.3 Å². The van der Waals surface area contributed by atoms with Gasteiger partial charge < -0.3 is 19.3 Å². The number of halogens is 1. The Hall–Kier alpha value is -5.02. The number of likely N-dealkylation sites (tertiary alicyclic amines) is 1. The molecule has 3 aromatic carbocycles. The monoisotopic (exact) mass is 619 g/mol. The smallest absolute Gasteiger partial charge is 0.345 e. The van der Waals surface area contributed by atoms with Gasteiger partial charge in [0.15, 0.2) is 0 Å². The predicted octanol–water partition coefficient (Wildman–Crippen LogP) is 8.11. The Morgan fingerprint density at radius 2 is 1.73 bits per heavy atom. The Morgan fingerprint density at radius 3 is 2.49 bits per heavy atom. The summed E-state index contributed by atoms with van der Waals surface area (Å²) in [5.41, 5.74) is 5.79. The Balaban J connectivity index is 1.41. The number of aromatic nitrogens is 2. The molecule has 0 saturated carbocycles.